The maximum Gasteiger partial charge on any atom is 0.320 e. The Balaban J connectivity index is 2.31. The number of benzene rings is 1. The van der Waals surface area contributed by atoms with Gasteiger partial charge < -0.3 is 10.4 Å². The van der Waals surface area contributed by atoms with Gasteiger partial charge in [0.15, 0.2) is 0 Å². The summed E-state index contributed by atoms with van der Waals surface area (Å²) in [5.41, 5.74) is 1.29. The molecule has 3 nitrogen and oxygen atoms in total. The van der Waals surface area contributed by atoms with Crippen LogP contribution in [0.4, 0.5) is 0 Å². The van der Waals surface area contributed by atoms with Crippen molar-refractivity contribution in [3.05, 3.63) is 35.9 Å². The number of hydrogen-bond donors (Lipinski definition) is 2. The molecule has 0 aliphatic rings. The third-order valence-corrected chi connectivity index (χ3v) is 2.57. The third kappa shape index (κ3) is 4.45. The van der Waals surface area contributed by atoms with Crippen molar-refractivity contribution in [1.82, 2.24) is 5.32 Å². The van der Waals surface area contributed by atoms with E-state index in [9.17, 15) is 4.79 Å². The predicted molar refractivity (Wildman–Crippen MR) is 64.4 cm³/mol. The van der Waals surface area contributed by atoms with Gasteiger partial charge in [-0.15, -0.1) is 0 Å². The molecule has 2 N–H and O–H groups in total. The van der Waals surface area contributed by atoms with Crippen LogP contribution in [0.25, 0.3) is 0 Å². The standard InChI is InChI=1S/C13H19NO2/c1-10(9-14-11(2)13(15)16)8-12-6-4-3-5-7-12/h3-7,10-11,14H,8-9H2,1-2H3,(H,15,16)/t10?,11-/m0/s1. The fourth-order valence-corrected chi connectivity index (χ4v) is 1.55. The number of rotatable bonds is 6. The van der Waals surface area contributed by atoms with Gasteiger partial charge in [0.2, 0.25) is 0 Å². The summed E-state index contributed by atoms with van der Waals surface area (Å²) in [6.07, 6.45) is 0.972. The molecule has 1 rings (SSSR count). The molecule has 0 fully saturated rings. The predicted octanol–water partition coefficient (Wildman–Crippen LogP) is 1.93. The van der Waals surface area contributed by atoms with Gasteiger partial charge >= 0.3 is 5.97 Å². The Kier molecular flexibility index (Phi) is 4.99. The summed E-state index contributed by atoms with van der Waals surface area (Å²) in [7, 11) is 0. The molecule has 0 spiro atoms. The van der Waals surface area contributed by atoms with Crippen molar-refractivity contribution >= 4 is 5.97 Å². The van der Waals surface area contributed by atoms with E-state index in [1.807, 2.05) is 18.2 Å². The monoisotopic (exact) mass is 221 g/mol. The first-order valence-corrected chi connectivity index (χ1v) is 5.59. The lowest BCUT2D eigenvalue weighted by atomic mass is 10.0. The van der Waals surface area contributed by atoms with Crippen LogP contribution in [0, 0.1) is 5.92 Å². The Morgan fingerprint density at radius 2 is 1.94 bits per heavy atom. The Morgan fingerprint density at radius 3 is 2.50 bits per heavy atom. The van der Waals surface area contributed by atoms with Crippen LogP contribution in [0.15, 0.2) is 30.3 Å². The molecule has 1 aromatic rings. The first-order valence-electron chi connectivity index (χ1n) is 5.59. The van der Waals surface area contributed by atoms with E-state index in [0.29, 0.717) is 5.92 Å². The molecule has 0 saturated carbocycles. The molecule has 3 heteroatoms. The lowest BCUT2D eigenvalue weighted by Gasteiger charge is -2.15. The highest BCUT2D eigenvalue weighted by Crippen LogP contribution is 2.07. The van der Waals surface area contributed by atoms with Crippen LogP contribution in [0.2, 0.25) is 0 Å². The SMILES string of the molecule is CC(CN[C@@H](C)C(=O)O)Cc1ccccc1. The van der Waals surface area contributed by atoms with E-state index < -0.39 is 12.0 Å². The number of carboxylic acid groups (broad SMARTS) is 1. The first-order chi connectivity index (χ1) is 7.59. The van der Waals surface area contributed by atoms with Crippen LogP contribution in [-0.4, -0.2) is 23.7 Å². The normalized spacial score (nSPS) is 14.4. The van der Waals surface area contributed by atoms with Gasteiger partial charge in [-0.2, -0.15) is 0 Å². The highest BCUT2D eigenvalue weighted by molar-refractivity contribution is 5.72. The molecular weight excluding hydrogens is 202 g/mol. The minimum Gasteiger partial charge on any atom is -0.480 e. The quantitative estimate of drug-likeness (QED) is 0.771. The van der Waals surface area contributed by atoms with E-state index in [-0.39, 0.29) is 0 Å². The molecule has 16 heavy (non-hydrogen) atoms. The van der Waals surface area contributed by atoms with Crippen LogP contribution in [0.5, 0.6) is 0 Å². The van der Waals surface area contributed by atoms with Crippen LogP contribution in [0.3, 0.4) is 0 Å². The lowest BCUT2D eigenvalue weighted by molar-refractivity contribution is -0.139. The van der Waals surface area contributed by atoms with E-state index in [1.165, 1.54) is 5.56 Å². The number of carbonyl (C=O) groups is 1. The van der Waals surface area contributed by atoms with Crippen molar-refractivity contribution in [3.8, 4) is 0 Å². The van der Waals surface area contributed by atoms with E-state index >= 15 is 0 Å². The molecule has 2 atom stereocenters. The van der Waals surface area contributed by atoms with E-state index in [4.69, 9.17) is 5.11 Å². The molecule has 0 amide bonds. The average molecular weight is 221 g/mol. The summed E-state index contributed by atoms with van der Waals surface area (Å²) >= 11 is 0. The van der Waals surface area contributed by atoms with Crippen LogP contribution in [-0.2, 0) is 11.2 Å². The van der Waals surface area contributed by atoms with Gasteiger partial charge in [-0.05, 0) is 31.4 Å². The average Bonchev–Trinajstić information content (AvgIpc) is 2.27. The van der Waals surface area contributed by atoms with Gasteiger partial charge in [0.05, 0.1) is 0 Å². The van der Waals surface area contributed by atoms with Crippen LogP contribution in [0.1, 0.15) is 19.4 Å². The Hall–Kier alpha value is -1.35. The van der Waals surface area contributed by atoms with Gasteiger partial charge in [-0.25, -0.2) is 0 Å². The number of carboxylic acids is 1. The number of aliphatic carboxylic acids is 1. The summed E-state index contributed by atoms with van der Waals surface area (Å²) < 4.78 is 0. The molecular formula is C13H19NO2. The van der Waals surface area contributed by atoms with Crippen molar-refractivity contribution in [2.45, 2.75) is 26.3 Å². The van der Waals surface area contributed by atoms with Crippen molar-refractivity contribution in [2.24, 2.45) is 5.92 Å². The molecule has 0 aliphatic heterocycles. The molecule has 0 aliphatic carbocycles. The van der Waals surface area contributed by atoms with Crippen molar-refractivity contribution in [2.75, 3.05) is 6.54 Å². The van der Waals surface area contributed by atoms with Gasteiger partial charge in [0.1, 0.15) is 6.04 Å². The summed E-state index contributed by atoms with van der Waals surface area (Å²) in [4.78, 5) is 10.6. The lowest BCUT2D eigenvalue weighted by Crippen LogP contribution is -2.36. The largest absolute Gasteiger partial charge is 0.480 e. The smallest absolute Gasteiger partial charge is 0.320 e. The summed E-state index contributed by atoms with van der Waals surface area (Å²) in [6, 6.07) is 9.76. The minimum absolute atomic E-state index is 0.434. The highest BCUT2D eigenvalue weighted by atomic mass is 16.4. The van der Waals surface area contributed by atoms with E-state index in [1.54, 1.807) is 6.92 Å². The maximum atomic E-state index is 10.6. The maximum absolute atomic E-state index is 10.6. The van der Waals surface area contributed by atoms with E-state index in [0.717, 1.165) is 13.0 Å². The van der Waals surface area contributed by atoms with Crippen molar-refractivity contribution in [1.29, 1.82) is 0 Å². The summed E-state index contributed by atoms with van der Waals surface area (Å²) in [6.45, 7) is 4.51. The molecule has 1 aromatic carbocycles. The zero-order valence-electron chi connectivity index (χ0n) is 9.81. The fourth-order valence-electron chi connectivity index (χ4n) is 1.55. The molecule has 0 radical (unpaired) electrons. The van der Waals surface area contributed by atoms with Crippen molar-refractivity contribution < 1.29 is 9.90 Å². The first kappa shape index (κ1) is 12.7. The molecule has 88 valence electrons. The van der Waals surface area contributed by atoms with Crippen LogP contribution >= 0.6 is 0 Å². The Morgan fingerprint density at radius 1 is 1.31 bits per heavy atom. The number of nitrogens with one attached hydrogen (secondary N) is 1. The van der Waals surface area contributed by atoms with Crippen molar-refractivity contribution in [3.63, 3.8) is 0 Å². The van der Waals surface area contributed by atoms with Gasteiger partial charge in [0.25, 0.3) is 0 Å². The second-order valence-corrected chi connectivity index (χ2v) is 4.26. The Bertz CT molecular complexity index is 324. The molecule has 0 bridgehead atoms. The molecule has 1 unspecified atom stereocenters. The topological polar surface area (TPSA) is 49.3 Å². The fraction of sp³-hybridized carbons (Fsp3) is 0.462. The Labute approximate surface area is 96.5 Å². The molecule has 0 aromatic heterocycles. The van der Waals surface area contributed by atoms with Gasteiger partial charge in [-0.3, -0.25) is 4.79 Å². The summed E-state index contributed by atoms with van der Waals surface area (Å²) in [5.74, 6) is -0.365. The zero-order valence-corrected chi connectivity index (χ0v) is 9.81. The van der Waals surface area contributed by atoms with Gasteiger partial charge in [0, 0.05) is 0 Å². The van der Waals surface area contributed by atoms with Crippen LogP contribution < -0.4 is 5.32 Å². The zero-order chi connectivity index (χ0) is 12.0. The van der Waals surface area contributed by atoms with Gasteiger partial charge in [-0.1, -0.05) is 37.3 Å². The molecule has 0 heterocycles. The highest BCUT2D eigenvalue weighted by Gasteiger charge is 2.11. The second-order valence-electron chi connectivity index (χ2n) is 4.26. The summed E-state index contributed by atoms with van der Waals surface area (Å²) in [5, 5.41) is 11.7. The molecule has 0 saturated heterocycles. The third-order valence-electron chi connectivity index (χ3n) is 2.57. The van der Waals surface area contributed by atoms with E-state index in [2.05, 4.69) is 24.4 Å². The second kappa shape index (κ2) is 6.28. The minimum atomic E-state index is -0.799. The number of hydrogen-bond acceptors (Lipinski definition) is 2.